The molecule has 0 unspecified atom stereocenters. The normalized spacial score (nSPS) is 16.2. The molecular weight excluding hydrogens is 112 g/mol. The Morgan fingerprint density at radius 1 is 1.44 bits per heavy atom. The molecule has 0 aromatic heterocycles. The van der Waals surface area contributed by atoms with Crippen LogP contribution in [0.15, 0.2) is 0 Å². The highest BCUT2D eigenvalue weighted by molar-refractivity contribution is 6.11. The van der Waals surface area contributed by atoms with Crippen molar-refractivity contribution in [2.45, 2.75) is 14.4 Å². The van der Waals surface area contributed by atoms with Gasteiger partial charge in [-0.1, -0.05) is 7.43 Å². The molecule has 1 rings (SSSR count). The molecule has 0 N–H and O–H groups in total. The quantitative estimate of drug-likeness (QED) is 0.451. The van der Waals surface area contributed by atoms with Gasteiger partial charge in [0.2, 0.25) is 12.4 Å². The summed E-state index contributed by atoms with van der Waals surface area (Å²) in [5.74, 6) is 0. The Labute approximate surface area is 57.1 Å². The fourth-order valence-electron chi connectivity index (χ4n) is 0.794. The minimum absolute atomic E-state index is 0. The lowest BCUT2D eigenvalue weighted by Crippen LogP contribution is -2.14. The highest BCUT2D eigenvalue weighted by Gasteiger charge is 2.12. The number of hydrogen-bond acceptors (Lipinski definition) is 0. The number of rotatable bonds is 1. The van der Waals surface area contributed by atoms with E-state index in [1.807, 2.05) is 0 Å². The summed E-state index contributed by atoms with van der Waals surface area (Å²) in [6, 6.07) is 0. The van der Waals surface area contributed by atoms with Gasteiger partial charge in [0.1, 0.15) is 13.6 Å². The van der Waals surface area contributed by atoms with Crippen LogP contribution < -0.4 is 0 Å². The Kier molecular flexibility index (Phi) is 3.13. The van der Waals surface area contributed by atoms with Crippen molar-refractivity contribution >= 4 is 12.4 Å². The summed E-state index contributed by atoms with van der Waals surface area (Å²) in [5.41, 5.74) is 0. The zero-order valence-corrected chi connectivity index (χ0v) is 5.46. The fraction of sp³-hybridized carbons (Fsp3) is 0.714. The standard InChI is InChI=1S/C6H12N2.CH4/c1-3-8-5-4-7(2)6-8;/h4-5H,3,6H2,1-2H3;1H4/q+2;. The van der Waals surface area contributed by atoms with E-state index in [0.29, 0.717) is 0 Å². The van der Waals surface area contributed by atoms with Crippen molar-refractivity contribution in [1.82, 2.24) is 0 Å². The Balaban J connectivity index is 0.000000640. The highest BCUT2D eigenvalue weighted by Crippen LogP contribution is 1.78. The fourth-order valence-corrected chi connectivity index (χ4v) is 0.794. The monoisotopic (exact) mass is 128 g/mol. The summed E-state index contributed by atoms with van der Waals surface area (Å²) < 4.78 is 4.41. The smallest absolute Gasteiger partial charge is 0.176 e. The Bertz CT molecular complexity index is 145. The minimum Gasteiger partial charge on any atom is -0.176 e. The molecule has 0 spiro atoms. The number of hydrogen-bond donors (Lipinski definition) is 0. The lowest BCUT2D eigenvalue weighted by atomic mass is 10.7. The average molecular weight is 128 g/mol. The molecule has 0 saturated carbocycles. The first-order valence-corrected chi connectivity index (χ1v) is 2.95. The molecule has 2 heteroatoms. The van der Waals surface area contributed by atoms with Crippen LogP contribution in [0.3, 0.4) is 0 Å². The summed E-state index contributed by atoms with van der Waals surface area (Å²) in [4.78, 5) is 0. The van der Waals surface area contributed by atoms with Crippen LogP contribution in [0.4, 0.5) is 0 Å². The van der Waals surface area contributed by atoms with Gasteiger partial charge < -0.3 is 0 Å². The van der Waals surface area contributed by atoms with Gasteiger partial charge in [-0.15, -0.1) is 0 Å². The van der Waals surface area contributed by atoms with Crippen molar-refractivity contribution < 1.29 is 9.15 Å². The van der Waals surface area contributed by atoms with E-state index in [9.17, 15) is 0 Å². The summed E-state index contributed by atoms with van der Waals surface area (Å²) in [6.45, 7) is 4.32. The van der Waals surface area contributed by atoms with Crippen molar-refractivity contribution in [3.63, 3.8) is 0 Å². The van der Waals surface area contributed by atoms with Crippen LogP contribution in [0.2, 0.25) is 0 Å². The second kappa shape index (κ2) is 3.38. The van der Waals surface area contributed by atoms with Crippen molar-refractivity contribution in [2.75, 3.05) is 20.3 Å². The second-order valence-electron chi connectivity index (χ2n) is 2.10. The third-order valence-corrected chi connectivity index (χ3v) is 1.34. The molecule has 0 aromatic carbocycles. The second-order valence-corrected chi connectivity index (χ2v) is 2.10. The predicted molar refractivity (Wildman–Crippen MR) is 40.7 cm³/mol. The summed E-state index contributed by atoms with van der Waals surface area (Å²) in [5, 5.41) is 0. The topological polar surface area (TPSA) is 6.02 Å². The number of nitrogens with zero attached hydrogens (tertiary/aromatic N) is 2. The van der Waals surface area contributed by atoms with Crippen LogP contribution in [-0.2, 0) is 0 Å². The van der Waals surface area contributed by atoms with Crippen LogP contribution in [0.5, 0.6) is 0 Å². The maximum Gasteiger partial charge on any atom is 0.334 e. The van der Waals surface area contributed by atoms with Gasteiger partial charge in [-0.25, -0.2) is 0 Å². The Morgan fingerprint density at radius 3 is 2.33 bits per heavy atom. The molecular formula is C7H16N2+2. The van der Waals surface area contributed by atoms with Crippen molar-refractivity contribution in [1.29, 1.82) is 0 Å². The third-order valence-electron chi connectivity index (χ3n) is 1.34. The summed E-state index contributed by atoms with van der Waals surface area (Å²) in [7, 11) is 2.08. The average Bonchev–Trinajstić information content (AvgIpc) is 2.14. The molecule has 0 aromatic rings. The van der Waals surface area contributed by atoms with Gasteiger partial charge in [0.25, 0.3) is 0 Å². The minimum atomic E-state index is 0. The van der Waals surface area contributed by atoms with Gasteiger partial charge in [-0.2, -0.15) is 9.15 Å². The van der Waals surface area contributed by atoms with Gasteiger partial charge in [0.05, 0.1) is 0 Å². The van der Waals surface area contributed by atoms with Crippen LogP contribution >= 0.6 is 0 Å². The van der Waals surface area contributed by atoms with Crippen molar-refractivity contribution in [3.05, 3.63) is 0 Å². The van der Waals surface area contributed by atoms with Gasteiger partial charge in [-0.05, 0) is 6.92 Å². The highest BCUT2D eigenvalue weighted by atomic mass is 15.2. The molecule has 0 bridgehead atoms. The maximum atomic E-state index is 2.25. The molecule has 0 saturated heterocycles. The van der Waals surface area contributed by atoms with E-state index in [4.69, 9.17) is 0 Å². The van der Waals surface area contributed by atoms with Gasteiger partial charge in [0, 0.05) is 0 Å². The molecule has 0 amide bonds. The van der Waals surface area contributed by atoms with E-state index >= 15 is 0 Å². The first kappa shape index (κ1) is 8.34. The lowest BCUT2D eigenvalue weighted by molar-refractivity contribution is -0.697. The molecule has 0 radical (unpaired) electrons. The van der Waals surface area contributed by atoms with E-state index in [1.165, 1.54) is 0 Å². The Hall–Kier alpha value is -0.660. The molecule has 9 heavy (non-hydrogen) atoms. The van der Waals surface area contributed by atoms with Crippen LogP contribution in [0.25, 0.3) is 0 Å². The molecule has 0 fully saturated rings. The largest absolute Gasteiger partial charge is 0.334 e. The van der Waals surface area contributed by atoms with E-state index in [-0.39, 0.29) is 7.43 Å². The molecule has 2 nitrogen and oxygen atoms in total. The molecule has 52 valence electrons. The van der Waals surface area contributed by atoms with E-state index < -0.39 is 0 Å². The van der Waals surface area contributed by atoms with Crippen LogP contribution in [0.1, 0.15) is 14.4 Å². The molecule has 0 aliphatic carbocycles. The van der Waals surface area contributed by atoms with Gasteiger partial charge in [-0.3, -0.25) is 0 Å². The Morgan fingerprint density at radius 2 is 2.11 bits per heavy atom. The van der Waals surface area contributed by atoms with Gasteiger partial charge >= 0.3 is 6.67 Å². The SMILES string of the molecule is C.CC[N+]1=CC=[N+](C)C1. The lowest BCUT2D eigenvalue weighted by Gasteiger charge is -1.85. The van der Waals surface area contributed by atoms with E-state index in [2.05, 4.69) is 35.6 Å². The summed E-state index contributed by atoms with van der Waals surface area (Å²) >= 11 is 0. The molecule has 1 heterocycles. The zero-order valence-electron chi connectivity index (χ0n) is 5.46. The van der Waals surface area contributed by atoms with Gasteiger partial charge in [0.15, 0.2) is 0 Å². The third kappa shape index (κ3) is 1.96. The molecule has 1 aliphatic rings. The molecule has 0 atom stereocenters. The van der Waals surface area contributed by atoms with Crippen LogP contribution in [0, 0.1) is 0 Å². The predicted octanol–water partition coefficient (Wildman–Crippen LogP) is 0.410. The molecule has 1 aliphatic heterocycles. The van der Waals surface area contributed by atoms with E-state index in [1.54, 1.807) is 0 Å². The van der Waals surface area contributed by atoms with Crippen molar-refractivity contribution in [3.8, 4) is 0 Å². The first-order valence-electron chi connectivity index (χ1n) is 2.95. The van der Waals surface area contributed by atoms with Crippen molar-refractivity contribution in [2.24, 2.45) is 0 Å². The first-order chi connectivity index (χ1) is 3.83. The summed E-state index contributed by atoms with van der Waals surface area (Å²) in [6.07, 6.45) is 4.20. The zero-order chi connectivity index (χ0) is 5.98. The van der Waals surface area contributed by atoms with E-state index in [0.717, 1.165) is 13.2 Å². The maximum absolute atomic E-state index is 2.25. The van der Waals surface area contributed by atoms with Crippen LogP contribution in [-0.4, -0.2) is 41.8 Å².